The molecule has 1 atom stereocenters. The molecule has 17 heavy (non-hydrogen) atoms. The van der Waals surface area contributed by atoms with Crippen molar-refractivity contribution in [3.63, 3.8) is 0 Å². The van der Waals surface area contributed by atoms with E-state index in [1.54, 1.807) is 13.8 Å². The fourth-order valence-corrected chi connectivity index (χ4v) is 1.46. The average Bonchev–Trinajstić information content (AvgIpc) is 2.21. The van der Waals surface area contributed by atoms with Crippen molar-refractivity contribution in [1.82, 2.24) is 4.90 Å². The van der Waals surface area contributed by atoms with Crippen LogP contribution in [0.3, 0.4) is 0 Å². The lowest BCUT2D eigenvalue weighted by Crippen LogP contribution is -2.48. The van der Waals surface area contributed by atoms with Gasteiger partial charge in [-0.1, -0.05) is 13.8 Å². The van der Waals surface area contributed by atoms with Crippen molar-refractivity contribution in [2.45, 2.75) is 26.3 Å². The molecule has 98 valence electrons. The highest BCUT2D eigenvalue weighted by atomic mass is 16.5. The van der Waals surface area contributed by atoms with Crippen molar-refractivity contribution >= 4 is 18.0 Å². The lowest BCUT2D eigenvalue weighted by atomic mass is 10.0. The first kappa shape index (κ1) is 15.2. The Morgan fingerprint density at radius 2 is 1.76 bits per heavy atom. The summed E-state index contributed by atoms with van der Waals surface area (Å²) in [5, 5.41) is 17.6. The molecule has 0 aliphatic rings. The van der Waals surface area contributed by atoms with E-state index in [4.69, 9.17) is 10.2 Å². The van der Waals surface area contributed by atoms with Crippen LogP contribution in [0.2, 0.25) is 0 Å². The van der Waals surface area contributed by atoms with Crippen LogP contribution in [-0.4, -0.2) is 52.8 Å². The molecule has 1 amide bonds. The van der Waals surface area contributed by atoms with E-state index in [2.05, 4.69) is 4.74 Å². The highest BCUT2D eigenvalue weighted by molar-refractivity contribution is 5.80. The molecular weight excluding hydrogens is 230 g/mol. The number of hydrogen-bond donors (Lipinski definition) is 2. The number of hydrogen-bond acceptors (Lipinski definition) is 4. The van der Waals surface area contributed by atoms with Gasteiger partial charge in [0.05, 0.1) is 13.5 Å². The van der Waals surface area contributed by atoms with Crippen LogP contribution in [0, 0.1) is 5.92 Å². The fourth-order valence-electron chi connectivity index (χ4n) is 1.46. The van der Waals surface area contributed by atoms with Crippen LogP contribution in [0.1, 0.15) is 20.3 Å². The van der Waals surface area contributed by atoms with Crippen molar-refractivity contribution in [2.24, 2.45) is 5.92 Å². The standard InChI is InChI=1S/C10H17NO6/c1-6(2)8(9(14)15)11(10(16)17-3)5-4-7(12)13/h6,8H,4-5H2,1-3H3,(H,12,13)(H,14,15)/t8-/m0/s1. The van der Waals surface area contributed by atoms with Crippen LogP contribution < -0.4 is 0 Å². The van der Waals surface area contributed by atoms with E-state index in [1.807, 2.05) is 0 Å². The molecule has 0 aliphatic heterocycles. The maximum Gasteiger partial charge on any atom is 0.410 e. The van der Waals surface area contributed by atoms with Crippen molar-refractivity contribution in [3.05, 3.63) is 0 Å². The number of carbonyl (C=O) groups excluding carboxylic acids is 1. The topological polar surface area (TPSA) is 104 Å². The molecular formula is C10H17NO6. The Morgan fingerprint density at radius 3 is 2.06 bits per heavy atom. The summed E-state index contributed by atoms with van der Waals surface area (Å²) < 4.78 is 4.46. The quantitative estimate of drug-likeness (QED) is 0.713. The summed E-state index contributed by atoms with van der Waals surface area (Å²) in [5.41, 5.74) is 0. The molecule has 0 aromatic rings. The van der Waals surface area contributed by atoms with Crippen LogP contribution in [0.4, 0.5) is 4.79 Å². The zero-order chi connectivity index (χ0) is 13.6. The van der Waals surface area contributed by atoms with Gasteiger partial charge in [0.2, 0.25) is 0 Å². The van der Waals surface area contributed by atoms with Crippen LogP contribution in [0.25, 0.3) is 0 Å². The van der Waals surface area contributed by atoms with Crippen molar-refractivity contribution < 1.29 is 29.3 Å². The zero-order valence-electron chi connectivity index (χ0n) is 10.0. The second-order valence-corrected chi connectivity index (χ2v) is 3.83. The summed E-state index contributed by atoms with van der Waals surface area (Å²) in [6, 6.07) is -1.10. The van der Waals surface area contributed by atoms with Gasteiger partial charge in [-0.3, -0.25) is 9.69 Å². The third-order valence-electron chi connectivity index (χ3n) is 2.20. The normalized spacial score (nSPS) is 12.0. The van der Waals surface area contributed by atoms with E-state index in [0.717, 1.165) is 12.0 Å². The molecule has 0 aromatic carbocycles. The second kappa shape index (κ2) is 6.72. The maximum atomic E-state index is 11.4. The summed E-state index contributed by atoms with van der Waals surface area (Å²) in [5.74, 6) is -2.64. The minimum atomic E-state index is -1.18. The Morgan fingerprint density at radius 1 is 1.24 bits per heavy atom. The third kappa shape index (κ3) is 4.71. The van der Waals surface area contributed by atoms with Gasteiger partial charge >= 0.3 is 18.0 Å². The van der Waals surface area contributed by atoms with Gasteiger partial charge in [0.15, 0.2) is 0 Å². The molecule has 2 N–H and O–H groups in total. The predicted molar refractivity (Wildman–Crippen MR) is 57.6 cm³/mol. The van der Waals surface area contributed by atoms with Gasteiger partial charge in [0, 0.05) is 6.54 Å². The Balaban J connectivity index is 4.92. The largest absolute Gasteiger partial charge is 0.481 e. The first-order valence-corrected chi connectivity index (χ1v) is 5.10. The van der Waals surface area contributed by atoms with E-state index < -0.39 is 24.1 Å². The Kier molecular flexibility index (Phi) is 6.01. The van der Waals surface area contributed by atoms with Crippen LogP contribution in [0.5, 0.6) is 0 Å². The third-order valence-corrected chi connectivity index (χ3v) is 2.20. The summed E-state index contributed by atoms with van der Waals surface area (Å²) in [4.78, 5) is 33.8. The number of rotatable bonds is 6. The van der Waals surface area contributed by atoms with E-state index >= 15 is 0 Å². The summed E-state index contributed by atoms with van der Waals surface area (Å²) in [7, 11) is 1.12. The number of carboxylic acids is 2. The van der Waals surface area contributed by atoms with Gasteiger partial charge < -0.3 is 14.9 Å². The van der Waals surface area contributed by atoms with Gasteiger partial charge in [0.25, 0.3) is 0 Å². The molecule has 7 heteroatoms. The van der Waals surface area contributed by atoms with Gasteiger partial charge in [-0.15, -0.1) is 0 Å². The molecule has 0 spiro atoms. The van der Waals surface area contributed by atoms with Crippen LogP contribution in [-0.2, 0) is 14.3 Å². The Labute approximate surface area is 99.0 Å². The van der Waals surface area contributed by atoms with Crippen LogP contribution in [0.15, 0.2) is 0 Å². The van der Waals surface area contributed by atoms with Crippen molar-refractivity contribution in [3.8, 4) is 0 Å². The number of ether oxygens (including phenoxy) is 1. The molecule has 0 heterocycles. The molecule has 7 nitrogen and oxygen atoms in total. The van der Waals surface area contributed by atoms with E-state index in [1.165, 1.54) is 0 Å². The number of methoxy groups -OCH3 is 1. The predicted octanol–water partition coefficient (Wildman–Crippen LogP) is 0.639. The minimum Gasteiger partial charge on any atom is -0.481 e. The first-order valence-electron chi connectivity index (χ1n) is 5.10. The van der Waals surface area contributed by atoms with E-state index in [0.29, 0.717) is 0 Å². The lowest BCUT2D eigenvalue weighted by molar-refractivity contribution is -0.145. The summed E-state index contributed by atoms with van der Waals surface area (Å²) >= 11 is 0. The summed E-state index contributed by atoms with van der Waals surface area (Å²) in [6.07, 6.45) is -1.17. The molecule has 0 rings (SSSR count). The lowest BCUT2D eigenvalue weighted by Gasteiger charge is -2.29. The van der Waals surface area contributed by atoms with Gasteiger partial charge in [-0.2, -0.15) is 0 Å². The van der Waals surface area contributed by atoms with E-state index in [9.17, 15) is 14.4 Å². The maximum absolute atomic E-state index is 11.4. The number of amides is 1. The monoisotopic (exact) mass is 247 g/mol. The SMILES string of the molecule is COC(=O)N(CCC(=O)O)[C@H](C(=O)O)C(C)C. The fraction of sp³-hybridized carbons (Fsp3) is 0.700. The van der Waals surface area contributed by atoms with Crippen molar-refractivity contribution in [1.29, 1.82) is 0 Å². The number of carboxylic acid groups (broad SMARTS) is 2. The highest BCUT2D eigenvalue weighted by Gasteiger charge is 2.33. The Bertz CT molecular complexity index is 301. The molecule has 0 saturated heterocycles. The second-order valence-electron chi connectivity index (χ2n) is 3.83. The first-order chi connectivity index (χ1) is 7.81. The molecule has 0 fully saturated rings. The molecule has 0 radical (unpaired) electrons. The van der Waals surface area contributed by atoms with E-state index in [-0.39, 0.29) is 18.9 Å². The van der Waals surface area contributed by atoms with Gasteiger partial charge in [-0.05, 0) is 5.92 Å². The average molecular weight is 247 g/mol. The number of carbonyl (C=O) groups is 3. The molecule has 0 saturated carbocycles. The van der Waals surface area contributed by atoms with Crippen LogP contribution >= 0.6 is 0 Å². The molecule has 0 aliphatic carbocycles. The Hall–Kier alpha value is -1.79. The molecule has 0 aromatic heterocycles. The zero-order valence-corrected chi connectivity index (χ0v) is 10.0. The van der Waals surface area contributed by atoms with Gasteiger partial charge in [-0.25, -0.2) is 9.59 Å². The van der Waals surface area contributed by atoms with Crippen molar-refractivity contribution in [2.75, 3.05) is 13.7 Å². The highest BCUT2D eigenvalue weighted by Crippen LogP contribution is 2.13. The molecule has 0 bridgehead atoms. The molecule has 0 unspecified atom stereocenters. The number of nitrogens with zero attached hydrogens (tertiary/aromatic N) is 1. The van der Waals surface area contributed by atoms with Gasteiger partial charge in [0.1, 0.15) is 6.04 Å². The smallest absolute Gasteiger partial charge is 0.410 e. The summed E-state index contributed by atoms with van der Waals surface area (Å²) in [6.45, 7) is 3.07. The minimum absolute atomic E-state index is 0.197. The number of aliphatic carboxylic acids is 2.